The van der Waals surface area contributed by atoms with E-state index in [1.165, 1.54) is 19.1 Å². The minimum atomic E-state index is -1.24. The summed E-state index contributed by atoms with van der Waals surface area (Å²) in [5, 5.41) is 18.3. The Morgan fingerprint density at radius 1 is 1.44 bits per heavy atom. The molecule has 5 nitrogen and oxygen atoms in total. The first kappa shape index (κ1) is 12.5. The normalized spacial score (nSPS) is 16.4. The number of phenols is 1. The number of carbonyl (C=O) groups is 1. The second-order valence-electron chi connectivity index (χ2n) is 3.97. The van der Waals surface area contributed by atoms with Crippen LogP contribution in [0.5, 0.6) is 5.75 Å². The molecular weight excluding hydrogens is 208 g/mol. The molecule has 1 aromatic carbocycles. The van der Waals surface area contributed by atoms with Crippen molar-refractivity contribution in [1.82, 2.24) is 5.43 Å². The third-order valence-electron chi connectivity index (χ3n) is 3.00. The second kappa shape index (κ2) is 4.51. The van der Waals surface area contributed by atoms with Gasteiger partial charge in [0.15, 0.2) is 0 Å². The topological polar surface area (TPSA) is 95.6 Å². The average molecular weight is 224 g/mol. The zero-order valence-corrected chi connectivity index (χ0v) is 9.27. The fourth-order valence-electron chi connectivity index (χ4n) is 1.47. The maximum Gasteiger partial charge on any atom is 0.325 e. The Labute approximate surface area is 93.9 Å². The van der Waals surface area contributed by atoms with Gasteiger partial charge in [-0.25, -0.2) is 5.43 Å². The summed E-state index contributed by atoms with van der Waals surface area (Å²) in [6, 6.07) is 6.40. The Morgan fingerprint density at radius 2 is 1.94 bits per heavy atom. The highest BCUT2D eigenvalue weighted by atomic mass is 16.4. The van der Waals surface area contributed by atoms with Gasteiger partial charge in [-0.1, -0.05) is 19.1 Å². The van der Waals surface area contributed by atoms with Gasteiger partial charge < -0.3 is 10.2 Å². The minimum absolute atomic E-state index is 0.147. The van der Waals surface area contributed by atoms with Gasteiger partial charge >= 0.3 is 5.97 Å². The number of hydrazine groups is 1. The molecule has 0 saturated heterocycles. The first-order valence-corrected chi connectivity index (χ1v) is 4.92. The van der Waals surface area contributed by atoms with Crippen molar-refractivity contribution in [3.05, 3.63) is 29.8 Å². The number of nitrogens with two attached hydrogens (primary N) is 1. The van der Waals surface area contributed by atoms with Crippen molar-refractivity contribution < 1.29 is 15.0 Å². The highest BCUT2D eigenvalue weighted by Crippen LogP contribution is 2.28. The van der Waals surface area contributed by atoms with E-state index < -0.39 is 11.5 Å². The van der Waals surface area contributed by atoms with Crippen LogP contribution in [-0.2, 0) is 4.79 Å². The van der Waals surface area contributed by atoms with Crippen LogP contribution in [0.3, 0.4) is 0 Å². The Kier molecular flexibility index (Phi) is 3.51. The molecule has 0 bridgehead atoms. The van der Waals surface area contributed by atoms with Crippen molar-refractivity contribution in [3.63, 3.8) is 0 Å². The van der Waals surface area contributed by atoms with Crippen molar-refractivity contribution in [3.8, 4) is 5.75 Å². The molecule has 0 fully saturated rings. The van der Waals surface area contributed by atoms with Gasteiger partial charge in [-0.3, -0.25) is 10.6 Å². The highest BCUT2D eigenvalue weighted by molar-refractivity contribution is 5.79. The molecule has 0 radical (unpaired) electrons. The number of benzene rings is 1. The molecule has 0 spiro atoms. The minimum Gasteiger partial charge on any atom is -0.508 e. The van der Waals surface area contributed by atoms with E-state index >= 15 is 0 Å². The van der Waals surface area contributed by atoms with Crippen LogP contribution in [0.15, 0.2) is 24.3 Å². The fraction of sp³-hybridized carbons (Fsp3) is 0.364. The molecule has 0 heterocycles. The molecule has 0 aliphatic carbocycles. The molecule has 5 heteroatoms. The lowest BCUT2D eigenvalue weighted by Crippen LogP contribution is -2.56. The Bertz CT molecular complexity index is 377. The van der Waals surface area contributed by atoms with Crippen LogP contribution in [0.4, 0.5) is 0 Å². The first-order valence-electron chi connectivity index (χ1n) is 4.92. The fourth-order valence-corrected chi connectivity index (χ4v) is 1.47. The number of carboxylic acid groups (broad SMARTS) is 1. The third-order valence-corrected chi connectivity index (χ3v) is 3.00. The van der Waals surface area contributed by atoms with E-state index in [2.05, 4.69) is 5.43 Å². The van der Waals surface area contributed by atoms with Crippen LogP contribution >= 0.6 is 0 Å². The smallest absolute Gasteiger partial charge is 0.325 e. The highest BCUT2D eigenvalue weighted by Gasteiger charge is 2.38. The van der Waals surface area contributed by atoms with Crippen LogP contribution in [0, 0.1) is 0 Å². The quantitative estimate of drug-likeness (QED) is 0.448. The van der Waals surface area contributed by atoms with E-state index in [9.17, 15) is 4.79 Å². The van der Waals surface area contributed by atoms with Crippen molar-refractivity contribution in [1.29, 1.82) is 0 Å². The summed E-state index contributed by atoms with van der Waals surface area (Å²) in [6.45, 7) is 3.28. The molecule has 5 N–H and O–H groups in total. The molecule has 1 rings (SSSR count). The number of aromatic hydroxyl groups is 1. The van der Waals surface area contributed by atoms with E-state index in [0.29, 0.717) is 0 Å². The molecule has 16 heavy (non-hydrogen) atoms. The Balaban J connectivity index is 3.04. The van der Waals surface area contributed by atoms with Crippen molar-refractivity contribution in [2.24, 2.45) is 5.84 Å². The van der Waals surface area contributed by atoms with E-state index in [1.807, 2.05) is 0 Å². The predicted molar refractivity (Wildman–Crippen MR) is 59.9 cm³/mol. The molecule has 1 aromatic rings. The third kappa shape index (κ3) is 2.15. The molecule has 0 amide bonds. The summed E-state index contributed by atoms with van der Waals surface area (Å²) in [7, 11) is 0. The number of carboxylic acids is 1. The summed E-state index contributed by atoms with van der Waals surface area (Å²) >= 11 is 0. The maximum atomic E-state index is 11.1. The molecule has 88 valence electrons. The summed E-state index contributed by atoms with van der Waals surface area (Å²) in [5.41, 5.74) is 1.88. The zero-order chi connectivity index (χ0) is 12.3. The van der Waals surface area contributed by atoms with Crippen LogP contribution in [0.25, 0.3) is 0 Å². The predicted octanol–water partition coefficient (Wildman–Crippen LogP) is 0.802. The molecule has 2 atom stereocenters. The van der Waals surface area contributed by atoms with Crippen LogP contribution in [-0.4, -0.2) is 21.7 Å². The van der Waals surface area contributed by atoms with Gasteiger partial charge in [0.2, 0.25) is 0 Å². The molecule has 2 unspecified atom stereocenters. The summed E-state index contributed by atoms with van der Waals surface area (Å²) < 4.78 is 0. The molecule has 0 saturated carbocycles. The van der Waals surface area contributed by atoms with Crippen LogP contribution in [0.2, 0.25) is 0 Å². The van der Waals surface area contributed by atoms with Gasteiger partial charge in [-0.2, -0.15) is 0 Å². The number of hydrogen-bond donors (Lipinski definition) is 4. The van der Waals surface area contributed by atoms with E-state index in [1.54, 1.807) is 19.1 Å². The maximum absolute atomic E-state index is 11.1. The lowest BCUT2D eigenvalue weighted by atomic mass is 9.82. The van der Waals surface area contributed by atoms with E-state index in [-0.39, 0.29) is 11.7 Å². The van der Waals surface area contributed by atoms with Crippen LogP contribution in [0.1, 0.15) is 25.3 Å². The number of hydrogen-bond acceptors (Lipinski definition) is 4. The van der Waals surface area contributed by atoms with Crippen molar-refractivity contribution >= 4 is 5.97 Å². The van der Waals surface area contributed by atoms with E-state index in [4.69, 9.17) is 16.1 Å². The van der Waals surface area contributed by atoms with Gasteiger partial charge in [-0.05, 0) is 24.6 Å². The van der Waals surface area contributed by atoms with Gasteiger partial charge in [0.05, 0.1) is 0 Å². The van der Waals surface area contributed by atoms with Crippen LogP contribution < -0.4 is 11.3 Å². The first-order chi connectivity index (χ1) is 7.41. The SMILES string of the molecule is CC(c1ccc(O)cc1)C(C)(NN)C(=O)O. The molecular formula is C11H16N2O3. The summed E-state index contributed by atoms with van der Waals surface area (Å²) in [5.74, 6) is 4.10. The standard InChI is InChI=1S/C11H16N2O3/c1-7(11(2,13-12)10(15)16)8-3-5-9(14)6-4-8/h3-7,13-14H,12H2,1-2H3,(H,15,16). The zero-order valence-electron chi connectivity index (χ0n) is 9.27. The molecule has 0 aromatic heterocycles. The largest absolute Gasteiger partial charge is 0.508 e. The lowest BCUT2D eigenvalue weighted by Gasteiger charge is -2.30. The number of aliphatic carboxylic acids is 1. The molecule has 0 aliphatic rings. The van der Waals surface area contributed by atoms with Crippen molar-refractivity contribution in [2.45, 2.75) is 25.3 Å². The van der Waals surface area contributed by atoms with Gasteiger partial charge in [0.25, 0.3) is 0 Å². The van der Waals surface area contributed by atoms with E-state index in [0.717, 1.165) is 5.56 Å². The second-order valence-corrected chi connectivity index (χ2v) is 3.97. The van der Waals surface area contributed by atoms with Gasteiger partial charge in [-0.15, -0.1) is 0 Å². The van der Waals surface area contributed by atoms with Gasteiger partial charge in [0.1, 0.15) is 11.3 Å². The Morgan fingerprint density at radius 3 is 2.31 bits per heavy atom. The number of phenolic OH excluding ortho intramolecular Hbond substituents is 1. The number of nitrogens with one attached hydrogen (secondary N) is 1. The van der Waals surface area contributed by atoms with Gasteiger partial charge in [0, 0.05) is 5.92 Å². The summed E-state index contributed by atoms with van der Waals surface area (Å²) in [4.78, 5) is 11.1. The molecule has 0 aliphatic heterocycles. The van der Waals surface area contributed by atoms with Crippen molar-refractivity contribution in [2.75, 3.05) is 0 Å². The average Bonchev–Trinajstić information content (AvgIpc) is 2.27. The Hall–Kier alpha value is -1.59. The lowest BCUT2D eigenvalue weighted by molar-refractivity contribution is -0.145. The summed E-state index contributed by atoms with van der Waals surface area (Å²) in [6.07, 6.45) is 0. The number of rotatable bonds is 4. The monoisotopic (exact) mass is 224 g/mol.